The van der Waals surface area contributed by atoms with E-state index in [9.17, 15) is 0 Å². The Labute approximate surface area is 135 Å². The molecule has 0 atom stereocenters. The molecule has 2 aromatic carbocycles. The molecule has 1 aliphatic carbocycles. The van der Waals surface area contributed by atoms with E-state index in [1.807, 2.05) is 23.5 Å². The smallest absolute Gasteiger partial charge is 0.0217 e. The second kappa shape index (κ2) is 7.58. The molecule has 1 aliphatic rings. The van der Waals surface area contributed by atoms with Crippen LogP contribution in [0.25, 0.3) is 0 Å². The van der Waals surface area contributed by atoms with E-state index < -0.39 is 0 Å². The van der Waals surface area contributed by atoms with Crippen molar-refractivity contribution in [2.24, 2.45) is 0 Å². The molecule has 0 nitrogen and oxygen atoms in total. The van der Waals surface area contributed by atoms with Crippen molar-refractivity contribution in [2.75, 3.05) is 0 Å². The fraction of sp³-hybridized carbons (Fsp3) is 0.158. The molecule has 0 radical (unpaired) electrons. The molecule has 106 valence electrons. The number of hydrogen-bond donors (Lipinski definition) is 0. The molecule has 21 heavy (non-hydrogen) atoms. The van der Waals surface area contributed by atoms with E-state index in [-0.39, 0.29) is 0 Å². The molecule has 0 spiro atoms. The summed E-state index contributed by atoms with van der Waals surface area (Å²) in [6, 6.07) is 21.2. The number of benzene rings is 2. The van der Waals surface area contributed by atoms with Crippen molar-refractivity contribution >= 4 is 23.5 Å². The lowest BCUT2D eigenvalue weighted by Crippen LogP contribution is -1.82. The van der Waals surface area contributed by atoms with Crippen molar-refractivity contribution in [3.63, 3.8) is 0 Å². The summed E-state index contributed by atoms with van der Waals surface area (Å²) >= 11 is 3.69. The summed E-state index contributed by atoms with van der Waals surface area (Å²) < 4.78 is 0. The van der Waals surface area contributed by atoms with Gasteiger partial charge in [-0.2, -0.15) is 0 Å². The van der Waals surface area contributed by atoms with Crippen molar-refractivity contribution in [1.29, 1.82) is 0 Å². The fourth-order valence-electron chi connectivity index (χ4n) is 2.30. The van der Waals surface area contributed by atoms with E-state index in [2.05, 4.69) is 72.1 Å². The van der Waals surface area contributed by atoms with Gasteiger partial charge in [-0.15, -0.1) is 0 Å². The van der Waals surface area contributed by atoms with Gasteiger partial charge >= 0.3 is 0 Å². The molecule has 2 aromatic rings. The minimum atomic E-state index is 1.21. The van der Waals surface area contributed by atoms with Gasteiger partial charge in [0, 0.05) is 14.7 Å². The lowest BCUT2D eigenvalue weighted by molar-refractivity contribution is 0.915. The number of thioether (sulfide) groups is 2. The summed E-state index contributed by atoms with van der Waals surface area (Å²) in [6.45, 7) is 0. The first-order valence-electron chi connectivity index (χ1n) is 7.26. The van der Waals surface area contributed by atoms with Crippen LogP contribution in [0.1, 0.15) is 19.3 Å². The van der Waals surface area contributed by atoms with Gasteiger partial charge in [-0.3, -0.25) is 0 Å². The van der Waals surface area contributed by atoms with Gasteiger partial charge in [-0.05, 0) is 54.5 Å². The third-order valence-corrected chi connectivity index (χ3v) is 5.53. The molecule has 0 saturated heterocycles. The average molecular weight is 310 g/mol. The molecule has 2 heteroatoms. The molecule has 0 saturated carbocycles. The molecule has 0 aromatic heterocycles. The van der Waals surface area contributed by atoms with Crippen LogP contribution >= 0.6 is 23.5 Å². The first-order valence-corrected chi connectivity index (χ1v) is 8.95. The predicted molar refractivity (Wildman–Crippen MR) is 94.6 cm³/mol. The van der Waals surface area contributed by atoms with Crippen LogP contribution < -0.4 is 0 Å². The van der Waals surface area contributed by atoms with Crippen LogP contribution in [0.5, 0.6) is 0 Å². The Balaban J connectivity index is 1.79. The molecular formula is C19H18S2. The Morgan fingerprint density at radius 2 is 1.52 bits per heavy atom. The standard InChI is InChI=1S/C19H18S2/c1-3-11-17(12-4-1)20-15-19(16-9-7-8-10-16)21-18-13-5-2-6-14-18/h1-6,9,11-15H,7-8,10H2/b19-15+. The van der Waals surface area contributed by atoms with Gasteiger partial charge < -0.3 is 0 Å². The van der Waals surface area contributed by atoms with Gasteiger partial charge in [-0.1, -0.05) is 66.0 Å². The fourth-order valence-corrected chi connectivity index (χ4v) is 4.21. The number of hydrogen-bond acceptors (Lipinski definition) is 2. The number of allylic oxidation sites excluding steroid dienone is 2. The van der Waals surface area contributed by atoms with Crippen molar-refractivity contribution in [1.82, 2.24) is 0 Å². The van der Waals surface area contributed by atoms with E-state index >= 15 is 0 Å². The maximum atomic E-state index is 2.40. The topological polar surface area (TPSA) is 0 Å². The van der Waals surface area contributed by atoms with Crippen molar-refractivity contribution in [2.45, 2.75) is 29.1 Å². The normalized spacial score (nSPS) is 15.0. The van der Waals surface area contributed by atoms with Crippen LogP contribution in [0.2, 0.25) is 0 Å². The largest absolute Gasteiger partial charge is 0.0969 e. The zero-order valence-electron chi connectivity index (χ0n) is 11.9. The lowest BCUT2D eigenvalue weighted by atomic mass is 10.2. The Bertz CT molecular complexity index is 627. The van der Waals surface area contributed by atoms with Crippen LogP contribution in [0.4, 0.5) is 0 Å². The van der Waals surface area contributed by atoms with Gasteiger partial charge in [0.1, 0.15) is 0 Å². The minimum Gasteiger partial charge on any atom is -0.0969 e. The van der Waals surface area contributed by atoms with Gasteiger partial charge in [0.2, 0.25) is 0 Å². The Hall–Kier alpha value is -1.38. The maximum absolute atomic E-state index is 2.40. The summed E-state index contributed by atoms with van der Waals surface area (Å²) in [4.78, 5) is 4.00. The SMILES string of the molecule is C1=C(/C(=C\Sc2ccccc2)Sc2ccccc2)CCC1. The molecule has 0 amide bonds. The lowest BCUT2D eigenvalue weighted by Gasteiger charge is -2.09. The van der Waals surface area contributed by atoms with Gasteiger partial charge in [0.05, 0.1) is 0 Å². The van der Waals surface area contributed by atoms with Crippen LogP contribution in [0, 0.1) is 0 Å². The van der Waals surface area contributed by atoms with Crippen molar-refractivity contribution in [3.05, 3.63) is 82.6 Å². The van der Waals surface area contributed by atoms with Crippen molar-refractivity contribution < 1.29 is 0 Å². The Kier molecular flexibility index (Phi) is 5.25. The van der Waals surface area contributed by atoms with Crippen LogP contribution in [-0.4, -0.2) is 0 Å². The summed E-state index contributed by atoms with van der Waals surface area (Å²) in [6.07, 6.45) is 6.12. The summed E-state index contributed by atoms with van der Waals surface area (Å²) in [5.41, 5.74) is 1.51. The Morgan fingerprint density at radius 1 is 0.857 bits per heavy atom. The predicted octanol–water partition coefficient (Wildman–Crippen LogP) is 6.52. The molecule has 0 aliphatic heterocycles. The molecule has 0 bridgehead atoms. The highest BCUT2D eigenvalue weighted by molar-refractivity contribution is 8.06. The molecule has 0 fully saturated rings. The molecular weight excluding hydrogens is 292 g/mol. The Morgan fingerprint density at radius 3 is 2.14 bits per heavy atom. The molecule has 0 unspecified atom stereocenters. The van der Waals surface area contributed by atoms with Gasteiger partial charge in [0.15, 0.2) is 0 Å². The second-order valence-corrected chi connectivity index (χ2v) is 7.01. The summed E-state index contributed by atoms with van der Waals surface area (Å²) in [5, 5.41) is 2.31. The van der Waals surface area contributed by atoms with Crippen LogP contribution in [-0.2, 0) is 0 Å². The van der Waals surface area contributed by atoms with Crippen molar-refractivity contribution in [3.8, 4) is 0 Å². The van der Waals surface area contributed by atoms with Crippen LogP contribution in [0.3, 0.4) is 0 Å². The van der Waals surface area contributed by atoms with E-state index in [1.54, 1.807) is 0 Å². The zero-order chi connectivity index (χ0) is 14.3. The molecule has 0 N–H and O–H groups in total. The van der Waals surface area contributed by atoms with Gasteiger partial charge in [0.25, 0.3) is 0 Å². The first-order chi connectivity index (χ1) is 10.4. The van der Waals surface area contributed by atoms with E-state index in [1.165, 1.54) is 39.5 Å². The first kappa shape index (κ1) is 14.6. The highest BCUT2D eigenvalue weighted by Gasteiger charge is 2.11. The van der Waals surface area contributed by atoms with Gasteiger partial charge in [-0.25, -0.2) is 0 Å². The zero-order valence-corrected chi connectivity index (χ0v) is 13.5. The number of rotatable bonds is 5. The third kappa shape index (κ3) is 4.29. The quantitative estimate of drug-likeness (QED) is 0.576. The van der Waals surface area contributed by atoms with E-state index in [0.29, 0.717) is 0 Å². The molecule has 3 rings (SSSR count). The van der Waals surface area contributed by atoms with E-state index in [4.69, 9.17) is 0 Å². The van der Waals surface area contributed by atoms with E-state index in [0.717, 1.165) is 0 Å². The monoisotopic (exact) mass is 310 g/mol. The summed E-state index contributed by atoms with van der Waals surface area (Å²) in [5.74, 6) is 0. The van der Waals surface area contributed by atoms with Crippen LogP contribution in [0.15, 0.2) is 92.4 Å². The summed E-state index contributed by atoms with van der Waals surface area (Å²) in [7, 11) is 0. The molecule has 0 heterocycles. The third-order valence-electron chi connectivity index (χ3n) is 3.37. The maximum Gasteiger partial charge on any atom is 0.0217 e. The highest BCUT2D eigenvalue weighted by Crippen LogP contribution is 2.39. The average Bonchev–Trinajstić information content (AvgIpc) is 3.08. The minimum absolute atomic E-state index is 1.21. The highest BCUT2D eigenvalue weighted by atomic mass is 32.2. The second-order valence-electron chi connectivity index (χ2n) is 4.95.